The molecular formula is C40H61N6O9S2+. The minimum atomic E-state index is -4.26. The number of quaternary nitrogens is 1. The molecular weight excluding hydrogens is 773 g/mol. The van der Waals surface area contributed by atoms with Gasteiger partial charge in [-0.25, -0.2) is 25.4 Å². The fraction of sp³-hybridized carbons (Fsp3) is 0.550. The molecule has 0 bridgehead atoms. The number of carboxylic acid groups (broad SMARTS) is 1. The highest BCUT2D eigenvalue weighted by molar-refractivity contribution is 7.90. The number of likely N-dealkylation sites (N-methyl/N-ethyl adjacent to an activating group) is 1. The number of carbonyl (C=O) groups excluding carboxylic acids is 1. The Morgan fingerprint density at radius 2 is 1.14 bits per heavy atom. The van der Waals surface area contributed by atoms with Gasteiger partial charge in [-0.05, 0) is 52.2 Å². The normalized spacial score (nSPS) is 12.9. The van der Waals surface area contributed by atoms with E-state index in [1.807, 2.05) is 54.0 Å². The fourth-order valence-corrected chi connectivity index (χ4v) is 9.74. The standard InChI is InChI=1S/C40H60N6O9S2/c1-41(2)33-27-34(55-26-25-46(7,8)9)30-14-16-32-36(57(52,53)45(6)22-12-20-43(4)24-18-38(49)54-10)28-35(31-15-13-29(33)39(30)40(31)32)56(50,51)44(5)21-11-19-42(3)23-17-37(47)48/h13-16,27-28H,11-12,17-26H2,1-10H3/p+1. The van der Waals surface area contributed by atoms with Crippen molar-refractivity contribution in [1.82, 2.24) is 18.4 Å². The molecule has 0 atom stereocenters. The van der Waals surface area contributed by atoms with E-state index in [2.05, 4.69) is 21.1 Å². The van der Waals surface area contributed by atoms with Crippen LogP contribution in [0, 0.1) is 0 Å². The lowest BCUT2D eigenvalue weighted by Gasteiger charge is -2.26. The highest BCUT2D eigenvalue weighted by atomic mass is 32.2. The molecule has 0 amide bonds. The number of rotatable bonds is 23. The van der Waals surface area contributed by atoms with Crippen molar-refractivity contribution in [1.29, 1.82) is 0 Å². The third kappa shape index (κ3) is 11.0. The number of hydrogen-bond acceptors (Lipinski definition) is 11. The summed E-state index contributed by atoms with van der Waals surface area (Å²) in [5.41, 5.74) is 0.840. The summed E-state index contributed by atoms with van der Waals surface area (Å²) in [5.74, 6) is -0.615. The zero-order valence-corrected chi connectivity index (χ0v) is 36.8. The average Bonchev–Trinajstić information content (AvgIpc) is 3.14. The molecule has 0 heterocycles. The molecule has 0 aromatic heterocycles. The molecule has 4 aromatic carbocycles. The molecule has 0 unspecified atom stereocenters. The van der Waals surface area contributed by atoms with E-state index in [1.54, 1.807) is 19.2 Å². The highest BCUT2D eigenvalue weighted by Gasteiger charge is 2.32. The molecule has 0 saturated carbocycles. The summed E-state index contributed by atoms with van der Waals surface area (Å²) in [4.78, 5) is 28.2. The van der Waals surface area contributed by atoms with Crippen molar-refractivity contribution < 1.29 is 45.5 Å². The van der Waals surface area contributed by atoms with Gasteiger partial charge in [0.25, 0.3) is 0 Å². The number of sulfonamides is 2. The summed E-state index contributed by atoms with van der Waals surface area (Å²) >= 11 is 0. The maximum Gasteiger partial charge on any atom is 0.306 e. The molecule has 0 radical (unpaired) electrons. The summed E-state index contributed by atoms with van der Waals surface area (Å²) in [6, 6.07) is 10.5. The largest absolute Gasteiger partial charge is 0.487 e. The Morgan fingerprint density at radius 1 is 0.667 bits per heavy atom. The zero-order valence-electron chi connectivity index (χ0n) is 35.2. The van der Waals surface area contributed by atoms with E-state index >= 15 is 0 Å². The predicted octanol–water partition coefficient (Wildman–Crippen LogP) is 3.66. The Bertz CT molecular complexity index is 2260. The molecule has 17 heteroatoms. The second-order valence-electron chi connectivity index (χ2n) is 16.0. The van der Waals surface area contributed by atoms with Crippen LogP contribution in [0.2, 0.25) is 0 Å². The molecule has 316 valence electrons. The monoisotopic (exact) mass is 833 g/mol. The first kappa shape index (κ1) is 45.9. The number of hydrogen-bond donors (Lipinski definition) is 1. The van der Waals surface area contributed by atoms with Crippen molar-refractivity contribution in [3.8, 4) is 5.75 Å². The Hall–Kier alpha value is -3.84. The van der Waals surface area contributed by atoms with Gasteiger partial charge < -0.3 is 33.8 Å². The van der Waals surface area contributed by atoms with Gasteiger partial charge in [0.15, 0.2) is 0 Å². The van der Waals surface area contributed by atoms with E-state index in [1.165, 1.54) is 35.9 Å². The first-order chi connectivity index (χ1) is 26.6. The Balaban J connectivity index is 1.88. The van der Waals surface area contributed by atoms with Gasteiger partial charge in [0.1, 0.15) is 18.9 Å². The SMILES string of the molecule is COC(=O)CCN(C)CCCN(C)S(=O)(=O)c1cc(S(=O)(=O)N(C)CCCN(C)CCC(=O)O)c2ccc3c(N(C)C)cc(OCC[N+](C)(C)C)c4ccc1c2c43. The van der Waals surface area contributed by atoms with Gasteiger partial charge in [-0.1, -0.05) is 18.2 Å². The van der Waals surface area contributed by atoms with E-state index < -0.39 is 26.0 Å². The number of ether oxygens (including phenoxy) is 2. The first-order valence-electron chi connectivity index (χ1n) is 19.1. The Morgan fingerprint density at radius 3 is 1.61 bits per heavy atom. The number of aliphatic carboxylic acids is 1. The van der Waals surface area contributed by atoms with Crippen molar-refractivity contribution in [3.05, 3.63) is 36.4 Å². The van der Waals surface area contributed by atoms with Gasteiger partial charge in [-0.3, -0.25) is 9.59 Å². The van der Waals surface area contributed by atoms with Crippen LogP contribution in [-0.4, -0.2) is 180 Å². The minimum absolute atomic E-state index is 0.0245. The number of nitrogens with zero attached hydrogens (tertiary/aromatic N) is 6. The molecule has 0 aliphatic rings. The second-order valence-corrected chi connectivity index (χ2v) is 20.1. The zero-order chi connectivity index (χ0) is 42.5. The van der Waals surface area contributed by atoms with E-state index in [0.717, 1.165) is 23.0 Å². The smallest absolute Gasteiger partial charge is 0.306 e. The van der Waals surface area contributed by atoms with E-state index in [9.17, 15) is 26.4 Å². The lowest BCUT2D eigenvalue weighted by molar-refractivity contribution is -0.870. The quantitative estimate of drug-likeness (QED) is 0.0659. The number of anilines is 1. The Labute approximate surface area is 338 Å². The average molecular weight is 834 g/mol. The lowest BCUT2D eigenvalue weighted by atomic mass is 9.92. The molecule has 1 N–H and O–H groups in total. The van der Waals surface area contributed by atoms with Gasteiger partial charge in [0, 0.05) is 98.4 Å². The van der Waals surface area contributed by atoms with Gasteiger partial charge in [0.05, 0.1) is 50.9 Å². The number of benzene rings is 4. The Kier molecular flexibility index (Phi) is 15.1. The van der Waals surface area contributed by atoms with Crippen LogP contribution >= 0.6 is 0 Å². The molecule has 4 aromatic rings. The van der Waals surface area contributed by atoms with Crippen LogP contribution in [0.25, 0.3) is 32.3 Å². The van der Waals surface area contributed by atoms with Gasteiger partial charge >= 0.3 is 11.9 Å². The van der Waals surface area contributed by atoms with Crippen LogP contribution in [0.1, 0.15) is 25.7 Å². The molecule has 0 aliphatic heterocycles. The molecule has 15 nitrogen and oxygen atoms in total. The van der Waals surface area contributed by atoms with Crippen LogP contribution in [0.3, 0.4) is 0 Å². The van der Waals surface area contributed by atoms with Gasteiger partial charge in [-0.15, -0.1) is 0 Å². The van der Waals surface area contributed by atoms with E-state index in [0.29, 0.717) is 77.4 Å². The predicted molar refractivity (Wildman–Crippen MR) is 226 cm³/mol. The fourth-order valence-electron chi connectivity index (χ4n) is 6.82. The number of esters is 1. The maximum atomic E-state index is 14.7. The van der Waals surface area contributed by atoms with Crippen molar-refractivity contribution in [3.63, 3.8) is 0 Å². The van der Waals surface area contributed by atoms with Crippen molar-refractivity contribution in [2.75, 3.05) is 128 Å². The van der Waals surface area contributed by atoms with Gasteiger partial charge in [-0.2, -0.15) is 0 Å². The van der Waals surface area contributed by atoms with Crippen LogP contribution < -0.4 is 9.64 Å². The minimum Gasteiger partial charge on any atom is -0.487 e. The second kappa shape index (κ2) is 18.8. The molecule has 0 aliphatic carbocycles. The van der Waals surface area contributed by atoms with E-state index in [4.69, 9.17) is 14.6 Å². The third-order valence-electron chi connectivity index (χ3n) is 10.3. The van der Waals surface area contributed by atoms with Crippen LogP contribution in [0.4, 0.5) is 5.69 Å². The third-order valence-corrected chi connectivity index (χ3v) is 14.1. The number of methoxy groups -OCH3 is 1. The topological polar surface area (TPSA) is 157 Å². The number of carboxylic acids is 1. The lowest BCUT2D eigenvalue weighted by Crippen LogP contribution is -2.38. The molecule has 57 heavy (non-hydrogen) atoms. The number of carbonyl (C=O) groups is 2. The van der Waals surface area contributed by atoms with Crippen LogP contribution in [-0.2, 0) is 34.4 Å². The van der Waals surface area contributed by atoms with Gasteiger partial charge in [0.2, 0.25) is 20.0 Å². The van der Waals surface area contributed by atoms with E-state index in [-0.39, 0.29) is 41.7 Å². The molecule has 0 saturated heterocycles. The molecule has 0 spiro atoms. The summed E-state index contributed by atoms with van der Waals surface area (Å²) in [7, 11) is 9.52. The van der Waals surface area contributed by atoms with Crippen molar-refractivity contribution >= 4 is 70.0 Å². The van der Waals surface area contributed by atoms with Crippen LogP contribution in [0.15, 0.2) is 46.2 Å². The molecule has 4 rings (SSSR count). The highest BCUT2D eigenvalue weighted by Crippen LogP contribution is 2.46. The van der Waals surface area contributed by atoms with Crippen molar-refractivity contribution in [2.45, 2.75) is 35.5 Å². The summed E-state index contributed by atoms with van der Waals surface area (Å²) < 4.78 is 72.9. The maximum absolute atomic E-state index is 14.7. The summed E-state index contributed by atoms with van der Waals surface area (Å²) in [5, 5.41) is 12.7. The summed E-state index contributed by atoms with van der Waals surface area (Å²) in [6.45, 7) is 3.23. The van der Waals surface area contributed by atoms with Crippen LogP contribution in [0.5, 0.6) is 5.75 Å². The first-order valence-corrected chi connectivity index (χ1v) is 22.0. The summed E-state index contributed by atoms with van der Waals surface area (Å²) in [6.07, 6.45) is 1.09. The van der Waals surface area contributed by atoms with Crippen molar-refractivity contribution in [2.24, 2.45) is 0 Å². The molecule has 0 fully saturated rings.